The van der Waals surface area contributed by atoms with Crippen molar-refractivity contribution in [2.45, 2.75) is 6.42 Å². The lowest BCUT2D eigenvalue weighted by Crippen LogP contribution is -2.47. The molecule has 0 unspecified atom stereocenters. The highest BCUT2D eigenvalue weighted by Gasteiger charge is 2.18. The van der Waals surface area contributed by atoms with Crippen LogP contribution in [0.2, 0.25) is 0 Å². The summed E-state index contributed by atoms with van der Waals surface area (Å²) in [6, 6.07) is 13.2. The van der Waals surface area contributed by atoms with Crippen LogP contribution in [0.15, 0.2) is 47.1 Å². The Morgan fingerprint density at radius 1 is 1.19 bits per heavy atom. The van der Waals surface area contributed by atoms with Crippen LogP contribution in [0.1, 0.15) is 12.0 Å². The summed E-state index contributed by atoms with van der Waals surface area (Å²) in [4.78, 5) is 20.9. The van der Waals surface area contributed by atoms with Crippen molar-refractivity contribution in [3.8, 4) is 6.07 Å². The summed E-state index contributed by atoms with van der Waals surface area (Å²) >= 11 is 3.38. The zero-order valence-electron chi connectivity index (χ0n) is 14.4. The number of rotatable bonds is 5. The highest BCUT2D eigenvalue weighted by Crippen LogP contribution is 2.16. The van der Waals surface area contributed by atoms with E-state index in [1.165, 1.54) is 0 Å². The van der Waals surface area contributed by atoms with Crippen LogP contribution in [-0.2, 0) is 4.79 Å². The van der Waals surface area contributed by atoms with E-state index in [0.717, 1.165) is 48.7 Å². The maximum atomic E-state index is 12.1. The molecule has 0 radical (unpaired) electrons. The van der Waals surface area contributed by atoms with Crippen LogP contribution in [-0.4, -0.2) is 48.5 Å². The fraction of sp³-hybridized carbons (Fsp3) is 0.316. The molecule has 0 atom stereocenters. The number of amides is 1. The predicted molar refractivity (Wildman–Crippen MR) is 105 cm³/mol. The normalized spacial score (nSPS) is 14.7. The van der Waals surface area contributed by atoms with Gasteiger partial charge in [0.1, 0.15) is 5.82 Å². The summed E-state index contributed by atoms with van der Waals surface area (Å²) in [5.74, 6) is 0.870. The maximum Gasteiger partial charge on any atom is 0.225 e. The van der Waals surface area contributed by atoms with Crippen LogP contribution in [0, 0.1) is 11.3 Å². The summed E-state index contributed by atoms with van der Waals surface area (Å²) in [5, 5.41) is 11.9. The van der Waals surface area contributed by atoms with Crippen molar-refractivity contribution in [2.24, 2.45) is 0 Å². The van der Waals surface area contributed by atoms with Gasteiger partial charge in [0.15, 0.2) is 0 Å². The second-order valence-corrected chi connectivity index (χ2v) is 7.06. The van der Waals surface area contributed by atoms with Crippen molar-refractivity contribution in [3.05, 3.63) is 52.6 Å². The van der Waals surface area contributed by atoms with Crippen LogP contribution in [0.3, 0.4) is 0 Å². The van der Waals surface area contributed by atoms with Gasteiger partial charge < -0.3 is 10.2 Å². The number of nitrogens with one attached hydrogen (secondary N) is 1. The van der Waals surface area contributed by atoms with Gasteiger partial charge >= 0.3 is 0 Å². The first-order valence-electron chi connectivity index (χ1n) is 8.53. The number of carbonyl (C=O) groups excluding carboxylic acids is 1. The number of aromatic nitrogens is 1. The third kappa shape index (κ3) is 5.04. The smallest absolute Gasteiger partial charge is 0.225 e. The number of nitriles is 1. The molecule has 1 aliphatic rings. The summed E-state index contributed by atoms with van der Waals surface area (Å²) in [6.45, 7) is 4.18. The number of nitrogens with zero attached hydrogens (tertiary/aromatic N) is 4. The largest absolute Gasteiger partial charge is 0.354 e. The number of anilines is 2. The van der Waals surface area contributed by atoms with Crippen LogP contribution < -0.4 is 10.2 Å². The first kappa shape index (κ1) is 18.4. The first-order chi connectivity index (χ1) is 12.6. The van der Waals surface area contributed by atoms with E-state index in [0.29, 0.717) is 12.0 Å². The summed E-state index contributed by atoms with van der Waals surface area (Å²) < 4.78 is 0.989. The van der Waals surface area contributed by atoms with Gasteiger partial charge in [-0.25, -0.2) is 4.98 Å². The highest BCUT2D eigenvalue weighted by atomic mass is 79.9. The van der Waals surface area contributed by atoms with Crippen LogP contribution in [0.4, 0.5) is 11.5 Å². The molecule has 2 aromatic rings. The Hall–Kier alpha value is -2.43. The predicted octanol–water partition coefficient (Wildman–Crippen LogP) is 2.87. The van der Waals surface area contributed by atoms with E-state index in [1.54, 1.807) is 12.3 Å². The van der Waals surface area contributed by atoms with Gasteiger partial charge in [0, 0.05) is 55.5 Å². The van der Waals surface area contributed by atoms with E-state index in [1.807, 2.05) is 30.3 Å². The Labute approximate surface area is 161 Å². The summed E-state index contributed by atoms with van der Waals surface area (Å²) in [5.41, 5.74) is 1.44. The minimum absolute atomic E-state index is 0.0261. The van der Waals surface area contributed by atoms with E-state index >= 15 is 0 Å². The fourth-order valence-electron chi connectivity index (χ4n) is 2.88. The van der Waals surface area contributed by atoms with Gasteiger partial charge in [-0.05, 0) is 36.4 Å². The first-order valence-corrected chi connectivity index (χ1v) is 9.32. The second-order valence-electron chi connectivity index (χ2n) is 6.15. The molecule has 0 bridgehead atoms. The van der Waals surface area contributed by atoms with Crippen molar-refractivity contribution < 1.29 is 4.79 Å². The van der Waals surface area contributed by atoms with Gasteiger partial charge in [-0.1, -0.05) is 15.9 Å². The molecule has 1 amide bonds. The molecule has 2 heterocycles. The molecule has 0 spiro atoms. The number of carbonyl (C=O) groups is 1. The lowest BCUT2D eigenvalue weighted by atomic mass is 10.2. The SMILES string of the molecule is N#Cc1ccnc(N2CCN(CCC(=O)Nc3ccc(Br)cc3)CC2)c1. The van der Waals surface area contributed by atoms with Crippen LogP contribution in [0.5, 0.6) is 0 Å². The average Bonchev–Trinajstić information content (AvgIpc) is 2.68. The minimum atomic E-state index is 0.0261. The average molecular weight is 414 g/mol. The van der Waals surface area contributed by atoms with Gasteiger partial charge in [0.25, 0.3) is 0 Å². The Bertz CT molecular complexity index is 794. The van der Waals surface area contributed by atoms with Gasteiger partial charge in [-0.15, -0.1) is 0 Å². The fourth-order valence-corrected chi connectivity index (χ4v) is 3.14. The zero-order chi connectivity index (χ0) is 18.4. The third-order valence-corrected chi connectivity index (χ3v) is 4.88. The molecule has 1 aromatic heterocycles. The Morgan fingerprint density at radius 2 is 1.92 bits per heavy atom. The van der Waals surface area contributed by atoms with E-state index in [4.69, 9.17) is 5.26 Å². The Balaban J connectivity index is 1.43. The van der Waals surface area contributed by atoms with Crippen molar-refractivity contribution in [2.75, 3.05) is 42.9 Å². The maximum absolute atomic E-state index is 12.1. The highest BCUT2D eigenvalue weighted by molar-refractivity contribution is 9.10. The molecule has 26 heavy (non-hydrogen) atoms. The second kappa shape index (κ2) is 8.79. The number of benzene rings is 1. The number of hydrogen-bond acceptors (Lipinski definition) is 5. The van der Waals surface area contributed by atoms with Crippen LogP contribution >= 0.6 is 15.9 Å². The molecule has 1 aliphatic heterocycles. The quantitative estimate of drug-likeness (QED) is 0.815. The molecule has 0 saturated carbocycles. The monoisotopic (exact) mass is 413 g/mol. The molecule has 1 aromatic carbocycles. The van der Waals surface area contributed by atoms with Crippen molar-refractivity contribution in [1.29, 1.82) is 5.26 Å². The molecule has 1 N–H and O–H groups in total. The number of pyridine rings is 1. The van der Waals surface area contributed by atoms with Gasteiger partial charge in [-0.2, -0.15) is 5.26 Å². The molecular weight excluding hydrogens is 394 g/mol. The van der Waals surface area contributed by atoms with E-state index < -0.39 is 0 Å². The van der Waals surface area contributed by atoms with Crippen molar-refractivity contribution in [3.63, 3.8) is 0 Å². The van der Waals surface area contributed by atoms with Gasteiger partial charge in [-0.3, -0.25) is 9.69 Å². The molecule has 1 saturated heterocycles. The number of hydrogen-bond donors (Lipinski definition) is 1. The lowest BCUT2D eigenvalue weighted by molar-refractivity contribution is -0.116. The number of halogens is 1. The topological polar surface area (TPSA) is 72.3 Å². The Kier molecular flexibility index (Phi) is 6.21. The molecule has 7 heteroatoms. The molecule has 3 rings (SSSR count). The van der Waals surface area contributed by atoms with Gasteiger partial charge in [0.05, 0.1) is 11.6 Å². The number of piperazine rings is 1. The summed E-state index contributed by atoms with van der Waals surface area (Å²) in [7, 11) is 0. The minimum Gasteiger partial charge on any atom is -0.354 e. The molecule has 1 fully saturated rings. The summed E-state index contributed by atoms with van der Waals surface area (Å²) in [6.07, 6.45) is 2.14. The third-order valence-electron chi connectivity index (χ3n) is 4.35. The lowest BCUT2D eigenvalue weighted by Gasteiger charge is -2.35. The molecular formula is C19H20BrN5O. The van der Waals surface area contributed by atoms with E-state index in [2.05, 4.69) is 42.1 Å². The standard InChI is InChI=1S/C19H20BrN5O/c20-16-1-3-17(4-2-16)23-19(26)6-8-24-9-11-25(12-10-24)18-13-15(14-21)5-7-22-18/h1-5,7,13H,6,8-12H2,(H,23,26). The van der Waals surface area contributed by atoms with Crippen molar-refractivity contribution >= 4 is 33.3 Å². The zero-order valence-corrected chi connectivity index (χ0v) is 15.9. The molecule has 6 nitrogen and oxygen atoms in total. The molecule has 0 aliphatic carbocycles. The van der Waals surface area contributed by atoms with Crippen molar-refractivity contribution in [1.82, 2.24) is 9.88 Å². The van der Waals surface area contributed by atoms with Gasteiger partial charge in [0.2, 0.25) is 5.91 Å². The van der Waals surface area contributed by atoms with E-state index in [-0.39, 0.29) is 5.91 Å². The Morgan fingerprint density at radius 3 is 2.62 bits per heavy atom. The molecule has 134 valence electrons. The van der Waals surface area contributed by atoms with Crippen LogP contribution in [0.25, 0.3) is 0 Å². The van der Waals surface area contributed by atoms with E-state index in [9.17, 15) is 4.79 Å².